The lowest BCUT2D eigenvalue weighted by Gasteiger charge is -2.16. The van der Waals surface area contributed by atoms with E-state index in [0.717, 1.165) is 11.3 Å². The van der Waals surface area contributed by atoms with Gasteiger partial charge < -0.3 is 9.64 Å². The monoisotopic (exact) mass is 260 g/mol. The molecule has 1 aromatic rings. The van der Waals surface area contributed by atoms with Gasteiger partial charge in [0, 0.05) is 37.2 Å². The van der Waals surface area contributed by atoms with E-state index in [1.54, 1.807) is 12.0 Å². The smallest absolute Gasteiger partial charge is 0.227 e. The number of rotatable bonds is 5. The number of amides is 1. The van der Waals surface area contributed by atoms with Crippen molar-refractivity contribution >= 4 is 11.6 Å². The topological polar surface area (TPSA) is 78.3 Å². The highest BCUT2D eigenvalue weighted by molar-refractivity contribution is 5.95. The summed E-state index contributed by atoms with van der Waals surface area (Å²) in [6.45, 7) is 1.55. The maximum absolute atomic E-state index is 11.9. The van der Waals surface area contributed by atoms with Crippen LogP contribution >= 0.6 is 0 Å². The molecule has 1 aliphatic rings. The Morgan fingerprint density at radius 2 is 2.21 bits per heavy atom. The summed E-state index contributed by atoms with van der Waals surface area (Å²) >= 11 is 0. The van der Waals surface area contributed by atoms with E-state index in [1.165, 1.54) is 0 Å². The molecule has 0 aromatic heterocycles. The first-order valence-electron chi connectivity index (χ1n) is 6.13. The van der Waals surface area contributed by atoms with Gasteiger partial charge in [0.2, 0.25) is 5.91 Å². The van der Waals surface area contributed by atoms with Crippen LogP contribution in [0.2, 0.25) is 0 Å². The van der Waals surface area contributed by atoms with E-state index >= 15 is 0 Å². The van der Waals surface area contributed by atoms with Gasteiger partial charge in [-0.05, 0) is 29.1 Å². The van der Waals surface area contributed by atoms with E-state index in [9.17, 15) is 4.79 Å². The zero-order valence-corrected chi connectivity index (χ0v) is 10.8. The summed E-state index contributed by atoms with van der Waals surface area (Å²) in [6.07, 6.45) is 0.443. The zero-order chi connectivity index (χ0) is 13.7. The molecule has 1 saturated heterocycles. The minimum absolute atomic E-state index is 0.0811. The number of methoxy groups -OCH3 is 1. The average molecular weight is 260 g/mol. The first kappa shape index (κ1) is 13.4. The van der Waals surface area contributed by atoms with Gasteiger partial charge in [-0.2, -0.15) is 0 Å². The Bertz CT molecular complexity index is 494. The van der Waals surface area contributed by atoms with E-state index in [2.05, 4.69) is 10.0 Å². The quantitative estimate of drug-likeness (QED) is 0.463. The highest BCUT2D eigenvalue weighted by Gasteiger charge is 2.29. The number of anilines is 1. The predicted molar refractivity (Wildman–Crippen MR) is 71.6 cm³/mol. The van der Waals surface area contributed by atoms with Crippen LogP contribution in [0.15, 0.2) is 29.4 Å². The second kappa shape index (κ2) is 6.22. The van der Waals surface area contributed by atoms with Gasteiger partial charge in [-0.1, -0.05) is 17.2 Å². The van der Waals surface area contributed by atoms with Crippen molar-refractivity contribution in [3.8, 4) is 0 Å². The summed E-state index contributed by atoms with van der Waals surface area (Å²) in [7, 11) is 1.65. The molecule has 0 aliphatic carbocycles. The number of carbonyl (C=O) groups is 1. The van der Waals surface area contributed by atoms with Crippen molar-refractivity contribution in [1.29, 1.82) is 0 Å². The summed E-state index contributed by atoms with van der Waals surface area (Å²) in [5, 5.41) is 3.54. The van der Waals surface area contributed by atoms with Gasteiger partial charge in [-0.3, -0.25) is 4.79 Å². The van der Waals surface area contributed by atoms with Gasteiger partial charge >= 0.3 is 0 Å². The molecule has 0 N–H and O–H groups in total. The maximum atomic E-state index is 11.9. The van der Waals surface area contributed by atoms with Crippen molar-refractivity contribution in [2.45, 2.75) is 13.0 Å². The third-order valence-electron chi connectivity index (χ3n) is 3.17. The lowest BCUT2D eigenvalue weighted by atomic mass is 10.1. The molecule has 0 saturated carbocycles. The second-order valence-electron chi connectivity index (χ2n) is 4.59. The van der Waals surface area contributed by atoms with Gasteiger partial charge in [-0.15, -0.1) is 0 Å². The molecule has 100 valence electrons. The van der Waals surface area contributed by atoms with Crippen LogP contribution in [0.3, 0.4) is 0 Å². The molecule has 1 atom stereocenters. The second-order valence-corrected chi connectivity index (χ2v) is 4.59. The van der Waals surface area contributed by atoms with E-state index < -0.39 is 0 Å². The molecule has 1 amide bonds. The summed E-state index contributed by atoms with van der Waals surface area (Å²) in [6, 6.07) is 7.74. The van der Waals surface area contributed by atoms with Crippen LogP contribution in [0.1, 0.15) is 12.0 Å². The van der Waals surface area contributed by atoms with Crippen molar-refractivity contribution in [3.63, 3.8) is 0 Å². The van der Waals surface area contributed by atoms with Crippen LogP contribution in [0.25, 0.3) is 10.4 Å². The molecule has 0 spiro atoms. The first-order chi connectivity index (χ1) is 9.24. The van der Waals surface area contributed by atoms with Crippen LogP contribution in [0.5, 0.6) is 0 Å². The SMILES string of the molecule is COCc1ccc(N2CC(CN=[N+]=[N-])CC2=O)cc1. The average Bonchev–Trinajstić information content (AvgIpc) is 2.79. The van der Waals surface area contributed by atoms with Crippen molar-refractivity contribution in [3.05, 3.63) is 40.3 Å². The van der Waals surface area contributed by atoms with Crippen molar-refractivity contribution in [2.75, 3.05) is 25.1 Å². The zero-order valence-electron chi connectivity index (χ0n) is 10.8. The fourth-order valence-corrected chi connectivity index (χ4v) is 2.24. The Hall–Kier alpha value is -2.04. The molecule has 1 aromatic carbocycles. The molecule has 0 radical (unpaired) electrons. The van der Waals surface area contributed by atoms with Gasteiger partial charge in [0.25, 0.3) is 0 Å². The van der Waals surface area contributed by atoms with Gasteiger partial charge in [-0.25, -0.2) is 0 Å². The van der Waals surface area contributed by atoms with Gasteiger partial charge in [0.15, 0.2) is 0 Å². The fourth-order valence-electron chi connectivity index (χ4n) is 2.24. The van der Waals surface area contributed by atoms with Crippen LogP contribution < -0.4 is 4.90 Å². The number of nitrogens with zero attached hydrogens (tertiary/aromatic N) is 4. The Balaban J connectivity index is 2.05. The summed E-state index contributed by atoms with van der Waals surface area (Å²) in [4.78, 5) is 16.4. The normalized spacial score (nSPS) is 18.5. The van der Waals surface area contributed by atoms with E-state index in [1.807, 2.05) is 24.3 Å². The molecule has 1 unspecified atom stereocenters. The molecule has 0 bridgehead atoms. The Morgan fingerprint density at radius 3 is 2.84 bits per heavy atom. The molecule has 19 heavy (non-hydrogen) atoms. The van der Waals surface area contributed by atoms with Crippen molar-refractivity contribution in [1.82, 2.24) is 0 Å². The van der Waals surface area contributed by atoms with Crippen molar-refractivity contribution < 1.29 is 9.53 Å². The molecule has 1 aliphatic heterocycles. The number of ether oxygens (including phenoxy) is 1. The van der Waals surface area contributed by atoms with E-state index in [0.29, 0.717) is 26.1 Å². The molecule has 2 rings (SSSR count). The van der Waals surface area contributed by atoms with E-state index in [4.69, 9.17) is 10.3 Å². The van der Waals surface area contributed by atoms with E-state index in [-0.39, 0.29) is 11.8 Å². The molecule has 1 fully saturated rings. The summed E-state index contributed by atoms with van der Waals surface area (Å²) in [5.74, 6) is 0.194. The van der Waals surface area contributed by atoms with Crippen LogP contribution in [-0.4, -0.2) is 26.1 Å². The number of hydrogen-bond donors (Lipinski definition) is 0. The number of carbonyl (C=O) groups excluding carboxylic acids is 1. The lowest BCUT2D eigenvalue weighted by Crippen LogP contribution is -2.24. The van der Waals surface area contributed by atoms with Crippen LogP contribution in [-0.2, 0) is 16.1 Å². The summed E-state index contributed by atoms with van der Waals surface area (Å²) in [5.41, 5.74) is 10.3. The van der Waals surface area contributed by atoms with Crippen molar-refractivity contribution in [2.24, 2.45) is 11.0 Å². The number of hydrogen-bond acceptors (Lipinski definition) is 3. The van der Waals surface area contributed by atoms with Gasteiger partial charge in [0.05, 0.1) is 6.61 Å². The number of azide groups is 1. The third-order valence-corrected chi connectivity index (χ3v) is 3.17. The fraction of sp³-hybridized carbons (Fsp3) is 0.462. The van der Waals surface area contributed by atoms with Gasteiger partial charge in [0.1, 0.15) is 0 Å². The first-order valence-corrected chi connectivity index (χ1v) is 6.13. The third kappa shape index (κ3) is 3.24. The predicted octanol–water partition coefficient (Wildman–Crippen LogP) is 2.50. The lowest BCUT2D eigenvalue weighted by molar-refractivity contribution is -0.117. The maximum Gasteiger partial charge on any atom is 0.227 e. The minimum Gasteiger partial charge on any atom is -0.380 e. The van der Waals surface area contributed by atoms with Crippen LogP contribution in [0, 0.1) is 5.92 Å². The Morgan fingerprint density at radius 1 is 1.47 bits per heavy atom. The largest absolute Gasteiger partial charge is 0.380 e. The molecular formula is C13H16N4O2. The minimum atomic E-state index is 0.0811. The highest BCUT2D eigenvalue weighted by atomic mass is 16.5. The highest BCUT2D eigenvalue weighted by Crippen LogP contribution is 2.25. The van der Waals surface area contributed by atoms with Crippen LogP contribution in [0.4, 0.5) is 5.69 Å². The number of benzene rings is 1. The molecular weight excluding hydrogens is 244 g/mol. The summed E-state index contributed by atoms with van der Waals surface area (Å²) < 4.78 is 5.05. The Labute approximate surface area is 111 Å². The molecule has 1 heterocycles. The molecule has 6 nitrogen and oxygen atoms in total. The standard InChI is InChI=1S/C13H16N4O2/c1-19-9-10-2-4-12(5-3-10)17-8-11(6-13(17)18)7-15-16-14/h2-5,11H,6-9H2,1H3. The molecule has 6 heteroatoms. The Kier molecular flexibility index (Phi) is 4.39.